The van der Waals surface area contributed by atoms with Crippen molar-refractivity contribution in [2.75, 3.05) is 5.73 Å². The Bertz CT molecular complexity index is 468. The van der Waals surface area contributed by atoms with Crippen molar-refractivity contribution in [2.45, 2.75) is 0 Å². The van der Waals surface area contributed by atoms with E-state index in [0.29, 0.717) is 11.1 Å². The van der Waals surface area contributed by atoms with Crippen molar-refractivity contribution < 1.29 is 0 Å². The molecule has 14 heavy (non-hydrogen) atoms. The standard InChI is InChI=1S/C8H6BrClN4/c9-4-1-5(7(10)12-2-4)6-3-13-8(11)14-6/h1-3H,(H3,11,13,14). The molecule has 0 unspecified atom stereocenters. The number of halogens is 2. The molecule has 0 aliphatic rings. The Labute approximate surface area is 93.6 Å². The molecule has 2 aromatic heterocycles. The monoisotopic (exact) mass is 272 g/mol. The van der Waals surface area contributed by atoms with Gasteiger partial charge in [-0.1, -0.05) is 11.6 Å². The number of H-pyrrole nitrogens is 1. The molecule has 0 bridgehead atoms. The van der Waals surface area contributed by atoms with Gasteiger partial charge in [-0.05, 0) is 22.0 Å². The van der Waals surface area contributed by atoms with E-state index in [0.717, 1.165) is 15.7 Å². The lowest BCUT2D eigenvalue weighted by Gasteiger charge is -2.00. The molecule has 2 aromatic rings. The number of nitrogens with one attached hydrogen (secondary N) is 1. The Morgan fingerprint density at radius 1 is 1.36 bits per heavy atom. The van der Waals surface area contributed by atoms with Gasteiger partial charge in [0.05, 0.1) is 11.9 Å². The van der Waals surface area contributed by atoms with Crippen LogP contribution >= 0.6 is 27.5 Å². The molecule has 0 spiro atoms. The Balaban J connectivity index is 2.55. The number of rotatable bonds is 1. The van der Waals surface area contributed by atoms with Crippen LogP contribution in [0.15, 0.2) is 22.9 Å². The summed E-state index contributed by atoms with van der Waals surface area (Å²) in [7, 11) is 0. The highest BCUT2D eigenvalue weighted by Crippen LogP contribution is 2.27. The van der Waals surface area contributed by atoms with Crippen molar-refractivity contribution in [2.24, 2.45) is 0 Å². The minimum absolute atomic E-state index is 0.357. The number of aromatic amines is 1. The summed E-state index contributed by atoms with van der Waals surface area (Å²) in [6.45, 7) is 0. The highest BCUT2D eigenvalue weighted by molar-refractivity contribution is 9.10. The lowest BCUT2D eigenvalue weighted by atomic mass is 10.2. The number of nitrogens with zero attached hydrogens (tertiary/aromatic N) is 2. The summed E-state index contributed by atoms with van der Waals surface area (Å²) in [5, 5.41) is 0.414. The first kappa shape index (κ1) is 9.48. The third-order valence-electron chi connectivity index (χ3n) is 1.69. The SMILES string of the molecule is Nc1ncc(-c2cc(Br)cnc2Cl)[nH]1. The van der Waals surface area contributed by atoms with Crippen molar-refractivity contribution in [3.8, 4) is 11.3 Å². The fourth-order valence-electron chi connectivity index (χ4n) is 1.08. The van der Waals surface area contributed by atoms with Gasteiger partial charge in [0, 0.05) is 16.2 Å². The first-order valence-electron chi connectivity index (χ1n) is 3.78. The molecule has 0 radical (unpaired) electrons. The molecule has 0 saturated heterocycles. The second kappa shape index (κ2) is 3.59. The number of pyridine rings is 1. The minimum atomic E-state index is 0.357. The van der Waals surface area contributed by atoms with E-state index in [1.165, 1.54) is 0 Å². The number of anilines is 1. The number of hydrogen-bond acceptors (Lipinski definition) is 3. The van der Waals surface area contributed by atoms with Crippen LogP contribution in [0.4, 0.5) is 5.95 Å². The van der Waals surface area contributed by atoms with Crippen LogP contribution in [-0.2, 0) is 0 Å². The third kappa shape index (κ3) is 1.73. The summed E-state index contributed by atoms with van der Waals surface area (Å²) in [4.78, 5) is 10.8. The van der Waals surface area contributed by atoms with E-state index in [1.54, 1.807) is 12.4 Å². The normalized spacial score (nSPS) is 10.4. The maximum atomic E-state index is 5.92. The molecule has 4 nitrogen and oxygen atoms in total. The maximum absolute atomic E-state index is 5.92. The third-order valence-corrected chi connectivity index (χ3v) is 2.43. The van der Waals surface area contributed by atoms with Crippen LogP contribution in [0.2, 0.25) is 5.15 Å². The topological polar surface area (TPSA) is 67.6 Å². The van der Waals surface area contributed by atoms with Crippen molar-refractivity contribution in [1.29, 1.82) is 0 Å². The van der Waals surface area contributed by atoms with Crippen molar-refractivity contribution in [1.82, 2.24) is 15.0 Å². The number of hydrogen-bond donors (Lipinski definition) is 2. The fourth-order valence-corrected chi connectivity index (χ4v) is 1.62. The van der Waals surface area contributed by atoms with Crippen LogP contribution in [-0.4, -0.2) is 15.0 Å². The Morgan fingerprint density at radius 2 is 2.14 bits per heavy atom. The quantitative estimate of drug-likeness (QED) is 0.784. The molecule has 0 aliphatic carbocycles. The van der Waals surface area contributed by atoms with Crippen LogP contribution in [0.25, 0.3) is 11.3 Å². The minimum Gasteiger partial charge on any atom is -0.369 e. The average molecular weight is 274 g/mol. The molecule has 3 N–H and O–H groups in total. The zero-order valence-electron chi connectivity index (χ0n) is 6.96. The van der Waals surface area contributed by atoms with E-state index in [2.05, 4.69) is 30.9 Å². The van der Waals surface area contributed by atoms with Gasteiger partial charge < -0.3 is 10.7 Å². The van der Waals surface area contributed by atoms with Gasteiger partial charge in [0.25, 0.3) is 0 Å². The predicted molar refractivity (Wildman–Crippen MR) is 58.9 cm³/mol. The second-order valence-electron chi connectivity index (χ2n) is 2.67. The summed E-state index contributed by atoms with van der Waals surface area (Å²) >= 11 is 9.23. The van der Waals surface area contributed by atoms with Gasteiger partial charge >= 0.3 is 0 Å². The largest absolute Gasteiger partial charge is 0.369 e. The summed E-state index contributed by atoms with van der Waals surface area (Å²) in [6, 6.07) is 1.85. The summed E-state index contributed by atoms with van der Waals surface area (Å²) < 4.78 is 0.852. The molecule has 0 saturated carbocycles. The molecule has 0 fully saturated rings. The Morgan fingerprint density at radius 3 is 2.79 bits per heavy atom. The van der Waals surface area contributed by atoms with Crippen LogP contribution in [0.1, 0.15) is 0 Å². The molecule has 6 heteroatoms. The molecule has 2 heterocycles. The lowest BCUT2D eigenvalue weighted by Crippen LogP contribution is -1.87. The smallest absolute Gasteiger partial charge is 0.197 e. The second-order valence-corrected chi connectivity index (χ2v) is 3.95. The van der Waals surface area contributed by atoms with E-state index < -0.39 is 0 Å². The first-order chi connectivity index (χ1) is 6.66. The Kier molecular flexibility index (Phi) is 2.43. The van der Waals surface area contributed by atoms with Crippen molar-refractivity contribution >= 4 is 33.5 Å². The average Bonchev–Trinajstić information content (AvgIpc) is 2.56. The van der Waals surface area contributed by atoms with Gasteiger partial charge in [-0.15, -0.1) is 0 Å². The van der Waals surface area contributed by atoms with Gasteiger partial charge in [0.2, 0.25) is 0 Å². The van der Waals surface area contributed by atoms with Gasteiger partial charge in [0.1, 0.15) is 5.15 Å². The van der Waals surface area contributed by atoms with E-state index in [-0.39, 0.29) is 0 Å². The molecule has 0 aromatic carbocycles. The van der Waals surface area contributed by atoms with Gasteiger partial charge in [-0.3, -0.25) is 0 Å². The molecular formula is C8H6BrClN4. The molecule has 0 atom stereocenters. The van der Waals surface area contributed by atoms with E-state index >= 15 is 0 Å². The predicted octanol–water partition coefficient (Wildman–Crippen LogP) is 2.47. The van der Waals surface area contributed by atoms with Gasteiger partial charge in [0.15, 0.2) is 5.95 Å². The summed E-state index contributed by atoms with van der Waals surface area (Å²) in [5.74, 6) is 0.357. The highest BCUT2D eigenvalue weighted by Gasteiger charge is 2.07. The first-order valence-corrected chi connectivity index (χ1v) is 4.96. The number of nitrogen functional groups attached to an aromatic ring is 1. The lowest BCUT2D eigenvalue weighted by molar-refractivity contribution is 1.29. The number of aromatic nitrogens is 3. The molecule has 2 rings (SSSR count). The van der Waals surface area contributed by atoms with Crippen molar-refractivity contribution in [3.63, 3.8) is 0 Å². The van der Waals surface area contributed by atoms with E-state index in [4.69, 9.17) is 17.3 Å². The Hall–Kier alpha value is -1.07. The molecule has 0 aliphatic heterocycles. The zero-order chi connectivity index (χ0) is 10.1. The van der Waals surface area contributed by atoms with E-state index in [1.807, 2.05) is 6.07 Å². The van der Waals surface area contributed by atoms with Crippen LogP contribution in [0.5, 0.6) is 0 Å². The van der Waals surface area contributed by atoms with Crippen LogP contribution in [0, 0.1) is 0 Å². The maximum Gasteiger partial charge on any atom is 0.197 e. The fraction of sp³-hybridized carbons (Fsp3) is 0. The van der Waals surface area contributed by atoms with E-state index in [9.17, 15) is 0 Å². The van der Waals surface area contributed by atoms with Crippen molar-refractivity contribution in [3.05, 3.63) is 28.1 Å². The number of imidazole rings is 1. The highest BCUT2D eigenvalue weighted by atomic mass is 79.9. The molecule has 0 amide bonds. The molecule has 72 valence electrons. The summed E-state index contributed by atoms with van der Waals surface area (Å²) in [5.41, 5.74) is 6.98. The van der Waals surface area contributed by atoms with Gasteiger partial charge in [-0.2, -0.15) is 0 Å². The summed E-state index contributed by atoms with van der Waals surface area (Å²) in [6.07, 6.45) is 3.25. The zero-order valence-corrected chi connectivity index (χ0v) is 9.30. The van der Waals surface area contributed by atoms with Crippen LogP contribution < -0.4 is 5.73 Å². The molecular weight excluding hydrogens is 267 g/mol. The van der Waals surface area contributed by atoms with Gasteiger partial charge in [-0.25, -0.2) is 9.97 Å². The number of nitrogens with two attached hydrogens (primary N) is 1. The van der Waals surface area contributed by atoms with Crippen LogP contribution in [0.3, 0.4) is 0 Å².